The molecule has 0 aromatic heterocycles. The van der Waals surface area contributed by atoms with E-state index in [9.17, 15) is 9.59 Å². The first-order chi connectivity index (χ1) is 12.0. The number of ether oxygens (including phenoxy) is 1. The number of anilines is 1. The van der Waals surface area contributed by atoms with Crippen molar-refractivity contribution in [3.05, 3.63) is 41.6 Å². The maximum absolute atomic E-state index is 12.2. The summed E-state index contributed by atoms with van der Waals surface area (Å²) in [6.45, 7) is 6.76. The third kappa shape index (κ3) is 6.96. The molecule has 0 bridgehead atoms. The Balaban J connectivity index is 2.58. The summed E-state index contributed by atoms with van der Waals surface area (Å²) < 4.78 is 4.72. The molecule has 0 aliphatic carbocycles. The summed E-state index contributed by atoms with van der Waals surface area (Å²) in [7, 11) is 0. The van der Waals surface area contributed by atoms with Gasteiger partial charge in [0.05, 0.1) is 6.61 Å². The number of nitrogens with zero attached hydrogens (tertiary/aromatic N) is 1. The predicted molar refractivity (Wildman–Crippen MR) is 95.9 cm³/mol. The molecule has 0 radical (unpaired) electrons. The quantitative estimate of drug-likeness (QED) is 0.382. The summed E-state index contributed by atoms with van der Waals surface area (Å²) in [6.07, 6.45) is 0.831. The smallest absolute Gasteiger partial charge is 0.407 e. The van der Waals surface area contributed by atoms with Crippen LogP contribution < -0.4 is 16.0 Å². The van der Waals surface area contributed by atoms with E-state index in [1.807, 2.05) is 38.1 Å². The van der Waals surface area contributed by atoms with Gasteiger partial charge in [-0.25, -0.2) is 4.79 Å². The molecule has 0 fully saturated rings. The van der Waals surface area contributed by atoms with E-state index in [0.29, 0.717) is 25.4 Å². The Labute approximate surface area is 148 Å². The third-order valence-corrected chi connectivity index (χ3v) is 3.26. The molecule has 1 aromatic carbocycles. The standard InChI is InChI=1S/C18H24N4O3/c1-4-25-18(24)21-10-9-20-12-14(11-19)17(23)22-16-8-6-5-7-15(16)13(2)3/h5-8,12-13,20H,4,9-10H2,1-3H3,(H,21,24)(H,22,23)/b14-12-. The average Bonchev–Trinajstić information content (AvgIpc) is 2.58. The second kappa shape index (κ2) is 10.7. The summed E-state index contributed by atoms with van der Waals surface area (Å²) in [4.78, 5) is 23.3. The molecular weight excluding hydrogens is 320 g/mol. The van der Waals surface area contributed by atoms with Crippen LogP contribution in [0.1, 0.15) is 32.3 Å². The van der Waals surface area contributed by atoms with Crippen molar-refractivity contribution in [3.63, 3.8) is 0 Å². The molecule has 0 saturated heterocycles. The fraction of sp³-hybridized carbons (Fsp3) is 0.389. The highest BCUT2D eigenvalue weighted by molar-refractivity contribution is 6.06. The van der Waals surface area contributed by atoms with Crippen molar-refractivity contribution >= 4 is 17.7 Å². The van der Waals surface area contributed by atoms with Gasteiger partial charge in [0.2, 0.25) is 0 Å². The van der Waals surface area contributed by atoms with E-state index in [4.69, 9.17) is 10.00 Å². The number of hydrogen-bond donors (Lipinski definition) is 3. The summed E-state index contributed by atoms with van der Waals surface area (Å²) in [5, 5.41) is 17.3. The van der Waals surface area contributed by atoms with Gasteiger partial charge in [0.15, 0.2) is 0 Å². The third-order valence-electron chi connectivity index (χ3n) is 3.26. The fourth-order valence-electron chi connectivity index (χ4n) is 2.05. The van der Waals surface area contributed by atoms with Crippen LogP contribution in [0.25, 0.3) is 0 Å². The highest BCUT2D eigenvalue weighted by atomic mass is 16.5. The van der Waals surface area contributed by atoms with Crippen molar-refractivity contribution in [1.82, 2.24) is 10.6 Å². The van der Waals surface area contributed by atoms with E-state index in [-0.39, 0.29) is 11.5 Å². The van der Waals surface area contributed by atoms with Crippen molar-refractivity contribution in [2.45, 2.75) is 26.7 Å². The van der Waals surface area contributed by atoms with Crippen LogP contribution in [0.5, 0.6) is 0 Å². The van der Waals surface area contributed by atoms with Crippen LogP contribution in [0.3, 0.4) is 0 Å². The second-order valence-corrected chi connectivity index (χ2v) is 5.47. The molecule has 0 unspecified atom stereocenters. The minimum absolute atomic E-state index is 0.0466. The molecule has 3 N–H and O–H groups in total. The van der Waals surface area contributed by atoms with E-state index >= 15 is 0 Å². The number of amides is 2. The van der Waals surface area contributed by atoms with Crippen LogP contribution in [-0.4, -0.2) is 31.7 Å². The number of nitriles is 1. The first kappa shape index (κ1) is 20.0. The van der Waals surface area contributed by atoms with Gasteiger partial charge in [0.1, 0.15) is 11.6 Å². The molecule has 0 aliphatic rings. The molecule has 0 spiro atoms. The van der Waals surface area contributed by atoms with Crippen molar-refractivity contribution in [2.24, 2.45) is 0 Å². The van der Waals surface area contributed by atoms with E-state index < -0.39 is 12.0 Å². The molecule has 0 heterocycles. The van der Waals surface area contributed by atoms with Crippen LogP contribution >= 0.6 is 0 Å². The zero-order valence-corrected chi connectivity index (χ0v) is 14.8. The normalized spacial score (nSPS) is 10.8. The number of carbonyl (C=O) groups excluding carboxylic acids is 2. The molecule has 2 amide bonds. The SMILES string of the molecule is CCOC(=O)NCCN/C=C(/C#N)C(=O)Nc1ccccc1C(C)C. The van der Waals surface area contributed by atoms with Gasteiger partial charge in [-0.05, 0) is 24.5 Å². The van der Waals surface area contributed by atoms with Crippen molar-refractivity contribution in [1.29, 1.82) is 5.26 Å². The largest absolute Gasteiger partial charge is 0.450 e. The van der Waals surface area contributed by atoms with E-state index in [2.05, 4.69) is 16.0 Å². The Hall–Kier alpha value is -3.01. The Bertz CT molecular complexity index is 663. The number of alkyl carbamates (subject to hydrolysis) is 1. The Morgan fingerprint density at radius 2 is 2.00 bits per heavy atom. The molecule has 1 aromatic rings. The van der Waals surface area contributed by atoms with Crippen molar-refractivity contribution < 1.29 is 14.3 Å². The van der Waals surface area contributed by atoms with Crippen LogP contribution in [0.15, 0.2) is 36.0 Å². The lowest BCUT2D eigenvalue weighted by Crippen LogP contribution is -2.31. The lowest BCUT2D eigenvalue weighted by molar-refractivity contribution is -0.112. The summed E-state index contributed by atoms with van der Waals surface area (Å²) >= 11 is 0. The zero-order chi connectivity index (χ0) is 18.7. The minimum atomic E-state index is -0.503. The molecule has 7 heteroatoms. The maximum atomic E-state index is 12.2. The molecule has 0 saturated carbocycles. The summed E-state index contributed by atoms with van der Waals surface area (Å²) in [5.41, 5.74) is 1.64. The fourth-order valence-corrected chi connectivity index (χ4v) is 2.05. The first-order valence-corrected chi connectivity index (χ1v) is 8.14. The molecule has 0 aliphatic heterocycles. The lowest BCUT2D eigenvalue weighted by Gasteiger charge is -2.13. The molecule has 7 nitrogen and oxygen atoms in total. The van der Waals surface area contributed by atoms with Gasteiger partial charge in [-0.15, -0.1) is 0 Å². The van der Waals surface area contributed by atoms with E-state index in [1.54, 1.807) is 13.0 Å². The predicted octanol–water partition coefficient (Wildman–Crippen LogP) is 2.49. The Morgan fingerprint density at radius 3 is 2.64 bits per heavy atom. The van der Waals surface area contributed by atoms with Gasteiger partial charge in [-0.1, -0.05) is 32.0 Å². The van der Waals surface area contributed by atoms with Gasteiger partial charge in [0, 0.05) is 25.0 Å². The van der Waals surface area contributed by atoms with E-state index in [1.165, 1.54) is 6.20 Å². The van der Waals surface area contributed by atoms with Crippen LogP contribution in [-0.2, 0) is 9.53 Å². The molecule has 1 rings (SSSR count). The van der Waals surface area contributed by atoms with Gasteiger partial charge in [0.25, 0.3) is 5.91 Å². The van der Waals surface area contributed by atoms with Gasteiger partial charge >= 0.3 is 6.09 Å². The summed E-state index contributed by atoms with van der Waals surface area (Å²) in [6, 6.07) is 9.35. The van der Waals surface area contributed by atoms with Gasteiger partial charge < -0.3 is 20.7 Å². The number of para-hydroxylation sites is 1. The maximum Gasteiger partial charge on any atom is 0.407 e. The topological polar surface area (TPSA) is 103 Å². The molecule has 25 heavy (non-hydrogen) atoms. The zero-order valence-electron chi connectivity index (χ0n) is 14.8. The highest BCUT2D eigenvalue weighted by Crippen LogP contribution is 2.23. The number of benzene rings is 1. The summed E-state index contributed by atoms with van der Waals surface area (Å²) in [5.74, 6) is -0.237. The van der Waals surface area contributed by atoms with Crippen LogP contribution in [0.2, 0.25) is 0 Å². The highest BCUT2D eigenvalue weighted by Gasteiger charge is 2.12. The molecule has 134 valence electrons. The molecular formula is C18H24N4O3. The Kier molecular flexibility index (Phi) is 8.58. The first-order valence-electron chi connectivity index (χ1n) is 8.14. The number of nitrogens with one attached hydrogen (secondary N) is 3. The van der Waals surface area contributed by atoms with Crippen molar-refractivity contribution in [3.8, 4) is 6.07 Å². The monoisotopic (exact) mass is 344 g/mol. The van der Waals surface area contributed by atoms with E-state index in [0.717, 1.165) is 5.56 Å². The van der Waals surface area contributed by atoms with Gasteiger partial charge in [-0.3, -0.25) is 4.79 Å². The number of hydrogen-bond acceptors (Lipinski definition) is 5. The van der Waals surface area contributed by atoms with Crippen LogP contribution in [0.4, 0.5) is 10.5 Å². The van der Waals surface area contributed by atoms with Crippen LogP contribution in [0, 0.1) is 11.3 Å². The van der Waals surface area contributed by atoms with Gasteiger partial charge in [-0.2, -0.15) is 5.26 Å². The van der Waals surface area contributed by atoms with Crippen molar-refractivity contribution in [2.75, 3.05) is 25.0 Å². The average molecular weight is 344 g/mol. The molecule has 0 atom stereocenters. The number of rotatable bonds is 8. The second-order valence-electron chi connectivity index (χ2n) is 5.47. The number of carbonyl (C=O) groups is 2. The minimum Gasteiger partial charge on any atom is -0.450 e. The lowest BCUT2D eigenvalue weighted by atomic mass is 10.0. The Morgan fingerprint density at radius 1 is 1.28 bits per heavy atom.